The van der Waals surface area contributed by atoms with Crippen LogP contribution in [-0.2, 0) is 13.1 Å². The van der Waals surface area contributed by atoms with E-state index in [1.165, 1.54) is 35.5 Å². The van der Waals surface area contributed by atoms with Crippen LogP contribution in [0, 0.1) is 0 Å². The minimum Gasteiger partial charge on any atom is -0.317 e. The van der Waals surface area contributed by atoms with Gasteiger partial charge in [0.15, 0.2) is 0 Å². The van der Waals surface area contributed by atoms with Gasteiger partial charge in [-0.1, -0.05) is 13.8 Å². The predicted molar refractivity (Wildman–Crippen MR) is 112 cm³/mol. The topological polar surface area (TPSA) is 53.9 Å². The van der Waals surface area contributed by atoms with Gasteiger partial charge in [0.05, 0.1) is 10.7 Å². The molecule has 2 aromatic rings. The van der Waals surface area contributed by atoms with Gasteiger partial charge < -0.3 is 5.32 Å². The second-order valence-electron chi connectivity index (χ2n) is 6.82. The third-order valence-corrected chi connectivity index (χ3v) is 5.68. The van der Waals surface area contributed by atoms with Gasteiger partial charge in [-0.05, 0) is 32.4 Å². The first-order valence-corrected chi connectivity index (χ1v) is 9.73. The number of nitrogens with zero attached hydrogens (tertiary/aromatic N) is 4. The van der Waals surface area contributed by atoms with Crippen LogP contribution in [0.5, 0.6) is 0 Å². The van der Waals surface area contributed by atoms with Crippen LogP contribution in [0.4, 0.5) is 0 Å². The minimum absolute atomic E-state index is 0. The molecule has 1 aliphatic heterocycles. The lowest BCUT2D eigenvalue weighted by Crippen LogP contribution is -2.35. The van der Waals surface area contributed by atoms with E-state index >= 15 is 0 Å². The fourth-order valence-electron chi connectivity index (χ4n) is 3.19. The van der Waals surface area contributed by atoms with Gasteiger partial charge in [0.1, 0.15) is 6.33 Å². The van der Waals surface area contributed by atoms with Gasteiger partial charge in [-0.25, -0.2) is 15.0 Å². The molecule has 26 heavy (non-hydrogen) atoms. The van der Waals surface area contributed by atoms with Gasteiger partial charge in [-0.3, -0.25) is 4.90 Å². The van der Waals surface area contributed by atoms with Gasteiger partial charge in [0.25, 0.3) is 0 Å². The van der Waals surface area contributed by atoms with E-state index in [1.54, 1.807) is 17.7 Å². The SMILES string of the molecule is CC(C)c1nc(CN(Cc2cncnc2)C2CCCNCC2)cs1.Cl.Cl. The fourth-order valence-corrected chi connectivity index (χ4v) is 4.02. The maximum absolute atomic E-state index is 4.84. The number of nitrogens with one attached hydrogen (secondary N) is 1. The van der Waals surface area contributed by atoms with Crippen molar-refractivity contribution in [1.82, 2.24) is 25.2 Å². The van der Waals surface area contributed by atoms with Crippen molar-refractivity contribution < 1.29 is 0 Å². The highest BCUT2D eigenvalue weighted by Crippen LogP contribution is 2.23. The Morgan fingerprint density at radius 1 is 1.15 bits per heavy atom. The number of rotatable bonds is 6. The number of hydrogen-bond donors (Lipinski definition) is 1. The number of hydrogen-bond acceptors (Lipinski definition) is 6. The third kappa shape index (κ3) is 6.74. The molecule has 1 unspecified atom stereocenters. The molecule has 1 atom stereocenters. The van der Waals surface area contributed by atoms with Crippen LogP contribution in [-0.4, -0.2) is 39.0 Å². The van der Waals surface area contributed by atoms with E-state index in [2.05, 4.69) is 39.4 Å². The van der Waals surface area contributed by atoms with Crippen LogP contribution < -0.4 is 5.32 Å². The lowest BCUT2D eigenvalue weighted by atomic mass is 10.1. The second kappa shape index (κ2) is 11.8. The Labute approximate surface area is 172 Å². The summed E-state index contributed by atoms with van der Waals surface area (Å²) < 4.78 is 0. The summed E-state index contributed by atoms with van der Waals surface area (Å²) in [5, 5.41) is 6.97. The van der Waals surface area contributed by atoms with E-state index in [9.17, 15) is 0 Å². The molecule has 1 fully saturated rings. The average Bonchev–Trinajstić information content (AvgIpc) is 2.89. The van der Waals surface area contributed by atoms with Crippen LogP contribution >= 0.6 is 36.2 Å². The van der Waals surface area contributed by atoms with Gasteiger partial charge in [-0.15, -0.1) is 36.2 Å². The van der Waals surface area contributed by atoms with Crippen molar-refractivity contribution in [2.45, 2.75) is 58.2 Å². The largest absolute Gasteiger partial charge is 0.317 e. The average molecular weight is 418 g/mol. The van der Waals surface area contributed by atoms with E-state index in [0.29, 0.717) is 12.0 Å². The maximum atomic E-state index is 4.84. The molecule has 1 N–H and O–H groups in total. The van der Waals surface area contributed by atoms with Crippen molar-refractivity contribution in [3.8, 4) is 0 Å². The van der Waals surface area contributed by atoms with Crippen molar-refractivity contribution in [2.75, 3.05) is 13.1 Å². The zero-order valence-corrected chi connectivity index (χ0v) is 17.9. The molecule has 1 aliphatic rings. The number of thiazole rings is 1. The molecular formula is C18H29Cl2N5S. The van der Waals surface area contributed by atoms with E-state index in [1.807, 2.05) is 12.4 Å². The molecule has 0 aliphatic carbocycles. The summed E-state index contributed by atoms with van der Waals surface area (Å²) in [7, 11) is 0. The molecule has 0 spiro atoms. The molecule has 0 aromatic carbocycles. The summed E-state index contributed by atoms with van der Waals surface area (Å²) in [6, 6.07) is 0.587. The molecule has 5 nitrogen and oxygen atoms in total. The highest BCUT2D eigenvalue weighted by Gasteiger charge is 2.22. The zero-order valence-electron chi connectivity index (χ0n) is 15.4. The number of halogens is 2. The summed E-state index contributed by atoms with van der Waals surface area (Å²) in [5.74, 6) is 0.502. The molecule has 3 heterocycles. The van der Waals surface area contributed by atoms with Crippen LogP contribution in [0.1, 0.15) is 55.3 Å². The Kier molecular flexibility index (Phi) is 10.6. The van der Waals surface area contributed by atoms with Crippen LogP contribution in [0.3, 0.4) is 0 Å². The second-order valence-corrected chi connectivity index (χ2v) is 7.71. The highest BCUT2D eigenvalue weighted by molar-refractivity contribution is 7.09. The predicted octanol–water partition coefficient (Wildman–Crippen LogP) is 4.04. The number of aromatic nitrogens is 3. The summed E-state index contributed by atoms with van der Waals surface area (Å²) >= 11 is 1.78. The quantitative estimate of drug-likeness (QED) is 0.767. The summed E-state index contributed by atoms with van der Waals surface area (Å²) in [4.78, 5) is 15.7. The van der Waals surface area contributed by atoms with E-state index in [-0.39, 0.29) is 24.8 Å². The highest BCUT2D eigenvalue weighted by atomic mass is 35.5. The molecule has 0 bridgehead atoms. The summed E-state index contributed by atoms with van der Waals surface area (Å²) in [5.41, 5.74) is 2.37. The standard InChI is InChI=1S/C18H27N5S.2ClH/c1-14(2)18-22-16(12-24-18)11-23(10-15-8-20-13-21-9-15)17-4-3-6-19-7-5-17;;/h8-9,12-14,17,19H,3-7,10-11H2,1-2H3;2*1H. The van der Waals surface area contributed by atoms with Gasteiger partial charge in [0, 0.05) is 48.4 Å². The Balaban J connectivity index is 0.00000169. The lowest BCUT2D eigenvalue weighted by Gasteiger charge is -2.30. The zero-order chi connectivity index (χ0) is 16.8. The molecule has 2 aromatic heterocycles. The lowest BCUT2D eigenvalue weighted by molar-refractivity contribution is 0.162. The monoisotopic (exact) mass is 417 g/mol. The van der Waals surface area contributed by atoms with Gasteiger partial charge >= 0.3 is 0 Å². The van der Waals surface area contributed by atoms with Crippen LogP contribution in [0.25, 0.3) is 0 Å². The van der Waals surface area contributed by atoms with Crippen molar-refractivity contribution in [1.29, 1.82) is 0 Å². The normalized spacial score (nSPS) is 17.5. The van der Waals surface area contributed by atoms with Crippen molar-refractivity contribution in [3.63, 3.8) is 0 Å². The first-order valence-electron chi connectivity index (χ1n) is 8.85. The van der Waals surface area contributed by atoms with E-state index < -0.39 is 0 Å². The Hall–Kier alpha value is -0.790. The van der Waals surface area contributed by atoms with E-state index in [4.69, 9.17) is 4.98 Å². The molecule has 8 heteroatoms. The molecule has 146 valence electrons. The van der Waals surface area contributed by atoms with Crippen molar-refractivity contribution >= 4 is 36.2 Å². The smallest absolute Gasteiger partial charge is 0.115 e. The first-order chi connectivity index (χ1) is 11.7. The summed E-state index contributed by atoms with van der Waals surface area (Å²) in [6.07, 6.45) is 9.11. The third-order valence-electron chi connectivity index (χ3n) is 4.49. The van der Waals surface area contributed by atoms with Crippen LogP contribution in [0.2, 0.25) is 0 Å². The van der Waals surface area contributed by atoms with Crippen LogP contribution in [0.15, 0.2) is 24.1 Å². The Morgan fingerprint density at radius 3 is 2.62 bits per heavy atom. The van der Waals surface area contributed by atoms with Crippen molar-refractivity contribution in [2.24, 2.45) is 0 Å². The van der Waals surface area contributed by atoms with Crippen molar-refractivity contribution in [3.05, 3.63) is 40.4 Å². The molecule has 1 saturated heterocycles. The Morgan fingerprint density at radius 2 is 1.92 bits per heavy atom. The fraction of sp³-hybridized carbons (Fsp3) is 0.611. The molecule has 3 rings (SSSR count). The Bertz CT molecular complexity index is 615. The van der Waals surface area contributed by atoms with Gasteiger partial charge in [-0.2, -0.15) is 0 Å². The minimum atomic E-state index is 0. The van der Waals surface area contributed by atoms with E-state index in [0.717, 1.165) is 26.2 Å². The molecule has 0 amide bonds. The molecular weight excluding hydrogens is 389 g/mol. The molecule has 0 saturated carbocycles. The van der Waals surface area contributed by atoms with Gasteiger partial charge in [0.2, 0.25) is 0 Å². The first kappa shape index (κ1) is 23.2. The molecule has 0 radical (unpaired) electrons. The maximum Gasteiger partial charge on any atom is 0.115 e. The summed E-state index contributed by atoms with van der Waals surface area (Å²) in [6.45, 7) is 8.44.